The largest absolute Gasteiger partial charge is 0.455 e. The van der Waals surface area contributed by atoms with E-state index in [0.29, 0.717) is 17.0 Å². The van der Waals surface area contributed by atoms with Crippen LogP contribution in [-0.4, -0.2) is 10.8 Å². The summed E-state index contributed by atoms with van der Waals surface area (Å²) < 4.78 is 5.76. The number of pyridine rings is 1. The van der Waals surface area contributed by atoms with Crippen LogP contribution in [0, 0.1) is 5.41 Å². The molecule has 2 aromatic heterocycles. The molecule has 22 heavy (non-hydrogen) atoms. The molecular formula is C18H15N3O. The van der Waals surface area contributed by atoms with E-state index >= 15 is 0 Å². The number of furan rings is 1. The summed E-state index contributed by atoms with van der Waals surface area (Å²) >= 11 is 0. The third-order valence-electron chi connectivity index (χ3n) is 3.19. The van der Waals surface area contributed by atoms with Crippen molar-refractivity contribution in [2.24, 2.45) is 5.73 Å². The first-order chi connectivity index (χ1) is 10.7. The summed E-state index contributed by atoms with van der Waals surface area (Å²) in [6, 6.07) is 17.4. The van der Waals surface area contributed by atoms with Crippen molar-refractivity contribution >= 4 is 18.0 Å². The fourth-order valence-corrected chi connectivity index (χ4v) is 2.02. The summed E-state index contributed by atoms with van der Waals surface area (Å²) in [5.41, 5.74) is 7.84. The Balaban J connectivity index is 1.79. The van der Waals surface area contributed by atoms with Gasteiger partial charge in [0, 0.05) is 11.8 Å². The van der Waals surface area contributed by atoms with Crippen LogP contribution in [0.1, 0.15) is 16.9 Å². The molecule has 3 aromatic rings. The molecule has 0 atom stereocenters. The van der Waals surface area contributed by atoms with Gasteiger partial charge in [-0.1, -0.05) is 36.4 Å². The van der Waals surface area contributed by atoms with Crippen LogP contribution in [0.3, 0.4) is 0 Å². The highest BCUT2D eigenvalue weighted by Gasteiger charge is 2.05. The first-order valence-electron chi connectivity index (χ1n) is 6.86. The standard InChI is InChI=1S/C18H15N3O/c19-18(20)14-7-10-16(21-12-14)17-11-9-15(22-17)8-6-13-4-2-1-3-5-13/h1-12H,(H3,19,20). The van der Waals surface area contributed by atoms with Gasteiger partial charge in [0.25, 0.3) is 0 Å². The first-order valence-corrected chi connectivity index (χ1v) is 6.86. The van der Waals surface area contributed by atoms with Crippen molar-refractivity contribution in [3.05, 3.63) is 77.7 Å². The second kappa shape index (κ2) is 6.10. The molecule has 4 heteroatoms. The molecule has 0 fully saturated rings. The van der Waals surface area contributed by atoms with E-state index in [9.17, 15) is 0 Å². The second-order valence-corrected chi connectivity index (χ2v) is 4.79. The van der Waals surface area contributed by atoms with Crippen LogP contribution in [0.5, 0.6) is 0 Å². The van der Waals surface area contributed by atoms with Crippen LogP contribution in [0.2, 0.25) is 0 Å². The van der Waals surface area contributed by atoms with Crippen molar-refractivity contribution in [1.29, 1.82) is 5.41 Å². The molecule has 0 unspecified atom stereocenters. The predicted octanol–water partition coefficient (Wildman–Crippen LogP) is 3.80. The molecule has 4 nitrogen and oxygen atoms in total. The van der Waals surface area contributed by atoms with Gasteiger partial charge in [-0.2, -0.15) is 0 Å². The maximum atomic E-state index is 7.36. The van der Waals surface area contributed by atoms with Crippen LogP contribution < -0.4 is 5.73 Å². The zero-order valence-corrected chi connectivity index (χ0v) is 11.9. The van der Waals surface area contributed by atoms with Gasteiger partial charge in [-0.05, 0) is 35.9 Å². The van der Waals surface area contributed by atoms with Gasteiger partial charge in [-0.3, -0.25) is 10.4 Å². The molecular weight excluding hydrogens is 274 g/mol. The highest BCUT2D eigenvalue weighted by Crippen LogP contribution is 2.21. The van der Waals surface area contributed by atoms with Crippen molar-refractivity contribution in [3.8, 4) is 11.5 Å². The van der Waals surface area contributed by atoms with Crippen LogP contribution >= 0.6 is 0 Å². The number of benzene rings is 1. The Bertz CT molecular complexity index is 802. The van der Waals surface area contributed by atoms with E-state index in [2.05, 4.69) is 4.98 Å². The van der Waals surface area contributed by atoms with Gasteiger partial charge >= 0.3 is 0 Å². The Morgan fingerprint density at radius 3 is 2.50 bits per heavy atom. The lowest BCUT2D eigenvalue weighted by Gasteiger charge is -1.99. The van der Waals surface area contributed by atoms with Crippen LogP contribution in [0.25, 0.3) is 23.6 Å². The topological polar surface area (TPSA) is 75.9 Å². The Morgan fingerprint density at radius 2 is 1.82 bits per heavy atom. The molecule has 0 amide bonds. The molecule has 0 radical (unpaired) electrons. The minimum Gasteiger partial charge on any atom is -0.455 e. The van der Waals surface area contributed by atoms with Gasteiger partial charge in [0.15, 0.2) is 5.76 Å². The number of hydrogen-bond donors (Lipinski definition) is 2. The van der Waals surface area contributed by atoms with Gasteiger partial charge in [-0.15, -0.1) is 0 Å². The number of nitrogens with zero attached hydrogens (tertiary/aromatic N) is 1. The Morgan fingerprint density at radius 1 is 1.00 bits per heavy atom. The molecule has 0 aliphatic carbocycles. The molecule has 0 aliphatic rings. The summed E-state index contributed by atoms with van der Waals surface area (Å²) in [6.07, 6.45) is 5.48. The normalized spacial score (nSPS) is 10.9. The summed E-state index contributed by atoms with van der Waals surface area (Å²) in [5.74, 6) is 1.45. The van der Waals surface area contributed by atoms with Crippen molar-refractivity contribution in [1.82, 2.24) is 4.98 Å². The van der Waals surface area contributed by atoms with Gasteiger partial charge in [0.1, 0.15) is 17.3 Å². The third kappa shape index (κ3) is 3.12. The molecule has 2 heterocycles. The Hall–Kier alpha value is -3.14. The smallest absolute Gasteiger partial charge is 0.153 e. The fraction of sp³-hybridized carbons (Fsp3) is 0. The lowest BCUT2D eigenvalue weighted by Crippen LogP contribution is -2.11. The lowest BCUT2D eigenvalue weighted by atomic mass is 10.2. The summed E-state index contributed by atoms with van der Waals surface area (Å²) in [7, 11) is 0. The Labute approximate surface area is 128 Å². The van der Waals surface area contributed by atoms with E-state index in [1.807, 2.05) is 54.6 Å². The maximum absolute atomic E-state index is 7.36. The van der Waals surface area contributed by atoms with Crippen LogP contribution in [0.15, 0.2) is 65.2 Å². The van der Waals surface area contributed by atoms with Crippen molar-refractivity contribution in [2.45, 2.75) is 0 Å². The molecule has 108 valence electrons. The SMILES string of the molecule is N=C(N)c1ccc(-c2ccc(C=Cc3ccccc3)o2)nc1. The highest BCUT2D eigenvalue weighted by atomic mass is 16.3. The van der Waals surface area contributed by atoms with E-state index in [1.54, 1.807) is 18.3 Å². The zero-order valence-electron chi connectivity index (χ0n) is 11.9. The molecule has 3 N–H and O–H groups in total. The second-order valence-electron chi connectivity index (χ2n) is 4.79. The van der Waals surface area contributed by atoms with E-state index in [1.165, 1.54) is 0 Å². The van der Waals surface area contributed by atoms with Gasteiger partial charge in [0.05, 0.1) is 0 Å². The predicted molar refractivity (Wildman–Crippen MR) is 88.3 cm³/mol. The monoisotopic (exact) mass is 289 g/mol. The summed E-state index contributed by atoms with van der Waals surface area (Å²) in [5, 5.41) is 7.36. The summed E-state index contributed by atoms with van der Waals surface area (Å²) in [4.78, 5) is 4.26. The van der Waals surface area contributed by atoms with Crippen LogP contribution in [-0.2, 0) is 0 Å². The number of nitrogens with one attached hydrogen (secondary N) is 1. The Kier molecular flexibility index (Phi) is 3.83. The third-order valence-corrected chi connectivity index (χ3v) is 3.19. The average Bonchev–Trinajstić information content (AvgIpc) is 3.03. The van der Waals surface area contributed by atoms with E-state index < -0.39 is 0 Å². The minimum absolute atomic E-state index is 0.00461. The molecule has 0 saturated carbocycles. The fourth-order valence-electron chi connectivity index (χ4n) is 2.02. The van der Waals surface area contributed by atoms with E-state index in [-0.39, 0.29) is 5.84 Å². The number of hydrogen-bond acceptors (Lipinski definition) is 3. The average molecular weight is 289 g/mol. The first kappa shape index (κ1) is 13.8. The van der Waals surface area contributed by atoms with Gasteiger partial charge < -0.3 is 10.2 Å². The number of rotatable bonds is 4. The number of nitrogen functional groups attached to an aromatic ring is 1. The maximum Gasteiger partial charge on any atom is 0.153 e. The van der Waals surface area contributed by atoms with Crippen molar-refractivity contribution < 1.29 is 4.42 Å². The molecule has 0 spiro atoms. The summed E-state index contributed by atoms with van der Waals surface area (Å²) in [6.45, 7) is 0. The number of nitrogens with two attached hydrogens (primary N) is 1. The van der Waals surface area contributed by atoms with Gasteiger partial charge in [-0.25, -0.2) is 0 Å². The van der Waals surface area contributed by atoms with Crippen molar-refractivity contribution in [2.75, 3.05) is 0 Å². The lowest BCUT2D eigenvalue weighted by molar-refractivity contribution is 0.570. The molecule has 3 rings (SSSR count). The molecule has 1 aromatic carbocycles. The molecule has 0 bridgehead atoms. The van der Waals surface area contributed by atoms with Crippen LogP contribution in [0.4, 0.5) is 0 Å². The van der Waals surface area contributed by atoms with Crippen molar-refractivity contribution in [3.63, 3.8) is 0 Å². The van der Waals surface area contributed by atoms with Gasteiger partial charge in [0.2, 0.25) is 0 Å². The zero-order chi connectivity index (χ0) is 15.4. The molecule has 0 saturated heterocycles. The molecule has 0 aliphatic heterocycles. The quantitative estimate of drug-likeness (QED) is 0.566. The van der Waals surface area contributed by atoms with E-state index in [0.717, 1.165) is 11.3 Å². The number of aromatic nitrogens is 1. The minimum atomic E-state index is 0.00461. The van der Waals surface area contributed by atoms with E-state index in [4.69, 9.17) is 15.6 Å². The highest BCUT2D eigenvalue weighted by molar-refractivity contribution is 5.94. The number of amidine groups is 1.